The minimum absolute atomic E-state index is 0.157. The van der Waals surface area contributed by atoms with Crippen molar-refractivity contribution in [3.8, 4) is 0 Å². The molecule has 1 aromatic carbocycles. The number of benzene rings is 1. The van der Waals surface area contributed by atoms with E-state index < -0.39 is 0 Å². The topological polar surface area (TPSA) is 15.3 Å². The zero-order valence-corrected chi connectivity index (χ0v) is 11.8. The fourth-order valence-corrected chi connectivity index (χ4v) is 2.66. The average molecular weight is 301 g/mol. The third-order valence-electron chi connectivity index (χ3n) is 3.40. The highest BCUT2D eigenvalue weighted by molar-refractivity contribution is 9.10. The number of hydrogen-bond acceptors (Lipinski definition) is 2. The predicted octanol–water partition coefficient (Wildman–Crippen LogP) is 3.02. The molecule has 1 aliphatic rings. The second kappa shape index (κ2) is 4.94. The molecule has 4 heteroatoms. The molecule has 1 saturated carbocycles. The summed E-state index contributed by atoms with van der Waals surface area (Å²) in [6, 6.07) is 5.07. The minimum Gasteiger partial charge on any atom is -0.372 e. The first-order chi connectivity index (χ1) is 8.06. The molecular formula is C13H18BrFN2. The van der Waals surface area contributed by atoms with E-state index in [9.17, 15) is 4.39 Å². The van der Waals surface area contributed by atoms with Crippen molar-refractivity contribution in [3.05, 3.63) is 28.5 Å². The van der Waals surface area contributed by atoms with Gasteiger partial charge in [0.2, 0.25) is 0 Å². The second-order valence-corrected chi connectivity index (χ2v) is 5.90. The van der Waals surface area contributed by atoms with E-state index in [2.05, 4.69) is 21.2 Å². The number of halogens is 2. The Kier molecular flexibility index (Phi) is 3.73. The SMILES string of the molecule is CNCC1(CN(C)c2cc(Br)ccc2F)CC1. The Balaban J connectivity index is 2.09. The maximum absolute atomic E-state index is 13.7. The molecule has 0 bridgehead atoms. The molecule has 0 atom stereocenters. The fraction of sp³-hybridized carbons (Fsp3) is 0.538. The van der Waals surface area contributed by atoms with Crippen LogP contribution in [0.4, 0.5) is 10.1 Å². The highest BCUT2D eigenvalue weighted by Crippen LogP contribution is 2.46. The molecule has 0 aromatic heterocycles. The van der Waals surface area contributed by atoms with Crippen LogP contribution in [0.3, 0.4) is 0 Å². The number of hydrogen-bond donors (Lipinski definition) is 1. The number of rotatable bonds is 5. The lowest BCUT2D eigenvalue weighted by Gasteiger charge is -2.26. The summed E-state index contributed by atoms with van der Waals surface area (Å²) in [7, 11) is 3.93. The van der Waals surface area contributed by atoms with Gasteiger partial charge in [0.05, 0.1) is 5.69 Å². The van der Waals surface area contributed by atoms with Gasteiger partial charge in [0, 0.05) is 30.0 Å². The van der Waals surface area contributed by atoms with Gasteiger partial charge in [0.1, 0.15) is 5.82 Å². The molecule has 1 N–H and O–H groups in total. The molecular weight excluding hydrogens is 283 g/mol. The standard InChI is InChI=1S/C13H18BrFN2/c1-16-8-13(5-6-13)9-17(2)12-7-10(14)3-4-11(12)15/h3-4,7,16H,5-6,8-9H2,1-2H3. The molecule has 0 aliphatic heterocycles. The summed E-state index contributed by atoms with van der Waals surface area (Å²) in [4.78, 5) is 2.02. The van der Waals surface area contributed by atoms with Gasteiger partial charge in [0.25, 0.3) is 0 Å². The van der Waals surface area contributed by atoms with E-state index in [1.807, 2.05) is 25.1 Å². The van der Waals surface area contributed by atoms with Crippen LogP contribution >= 0.6 is 15.9 Å². The average Bonchev–Trinajstić information content (AvgIpc) is 3.02. The van der Waals surface area contributed by atoms with E-state index in [1.54, 1.807) is 6.07 Å². The molecule has 1 aliphatic carbocycles. The highest BCUT2D eigenvalue weighted by Gasteiger charge is 2.42. The van der Waals surface area contributed by atoms with E-state index >= 15 is 0 Å². The van der Waals surface area contributed by atoms with E-state index in [4.69, 9.17) is 0 Å². The first kappa shape index (κ1) is 12.8. The van der Waals surface area contributed by atoms with E-state index in [0.717, 1.165) is 17.6 Å². The third-order valence-corrected chi connectivity index (χ3v) is 3.89. The highest BCUT2D eigenvalue weighted by atomic mass is 79.9. The van der Waals surface area contributed by atoms with Crippen molar-refractivity contribution in [3.63, 3.8) is 0 Å². The molecule has 0 spiro atoms. The van der Waals surface area contributed by atoms with Crippen molar-refractivity contribution in [1.82, 2.24) is 5.32 Å². The Morgan fingerprint density at radius 2 is 2.18 bits per heavy atom. The Labute approximate surface area is 110 Å². The van der Waals surface area contributed by atoms with Crippen LogP contribution in [0, 0.1) is 11.2 Å². The summed E-state index contributed by atoms with van der Waals surface area (Å²) in [6.45, 7) is 1.91. The number of nitrogens with zero attached hydrogens (tertiary/aromatic N) is 1. The second-order valence-electron chi connectivity index (χ2n) is 4.98. The molecule has 0 amide bonds. The molecule has 1 aromatic rings. The summed E-state index contributed by atoms with van der Waals surface area (Å²) in [6.07, 6.45) is 2.46. The van der Waals surface area contributed by atoms with Crippen molar-refractivity contribution >= 4 is 21.6 Å². The molecule has 94 valence electrons. The monoisotopic (exact) mass is 300 g/mol. The van der Waals surface area contributed by atoms with Gasteiger partial charge in [-0.1, -0.05) is 15.9 Å². The van der Waals surface area contributed by atoms with Crippen LogP contribution in [0.15, 0.2) is 22.7 Å². The van der Waals surface area contributed by atoms with E-state index in [-0.39, 0.29) is 5.82 Å². The molecule has 1 fully saturated rings. The zero-order chi connectivity index (χ0) is 12.5. The largest absolute Gasteiger partial charge is 0.372 e. The third kappa shape index (κ3) is 2.99. The molecule has 2 nitrogen and oxygen atoms in total. The first-order valence-corrected chi connectivity index (χ1v) is 6.66. The smallest absolute Gasteiger partial charge is 0.146 e. The van der Waals surface area contributed by atoms with E-state index in [1.165, 1.54) is 18.9 Å². The Morgan fingerprint density at radius 1 is 1.47 bits per heavy atom. The maximum atomic E-state index is 13.7. The summed E-state index contributed by atoms with van der Waals surface area (Å²) in [5.74, 6) is -0.157. The molecule has 2 rings (SSSR count). The lowest BCUT2D eigenvalue weighted by molar-refractivity contribution is 0.479. The van der Waals surface area contributed by atoms with Crippen LogP contribution < -0.4 is 10.2 Å². The summed E-state index contributed by atoms with van der Waals surface area (Å²) < 4.78 is 14.6. The molecule has 0 unspecified atom stereocenters. The predicted molar refractivity (Wildman–Crippen MR) is 73.0 cm³/mol. The molecule has 0 saturated heterocycles. The van der Waals surface area contributed by atoms with Crippen molar-refractivity contribution in [1.29, 1.82) is 0 Å². The van der Waals surface area contributed by atoms with Gasteiger partial charge in [0.15, 0.2) is 0 Å². The molecule has 0 heterocycles. The van der Waals surface area contributed by atoms with Gasteiger partial charge in [-0.25, -0.2) is 4.39 Å². The molecule has 0 radical (unpaired) electrons. The Bertz CT molecular complexity index is 404. The van der Waals surface area contributed by atoms with Crippen molar-refractivity contribution in [2.45, 2.75) is 12.8 Å². The zero-order valence-electron chi connectivity index (χ0n) is 10.3. The van der Waals surface area contributed by atoms with Gasteiger partial charge in [-0.3, -0.25) is 0 Å². The number of anilines is 1. The quantitative estimate of drug-likeness (QED) is 0.899. The summed E-state index contributed by atoms with van der Waals surface area (Å²) >= 11 is 3.38. The van der Waals surface area contributed by atoms with Crippen LogP contribution in [0.1, 0.15) is 12.8 Å². The normalized spacial score (nSPS) is 16.9. The van der Waals surface area contributed by atoms with Gasteiger partial charge >= 0.3 is 0 Å². The minimum atomic E-state index is -0.157. The lowest BCUT2D eigenvalue weighted by atomic mass is 10.1. The van der Waals surface area contributed by atoms with Crippen LogP contribution in [0.5, 0.6) is 0 Å². The Morgan fingerprint density at radius 3 is 2.76 bits per heavy atom. The van der Waals surface area contributed by atoms with Crippen LogP contribution in [0.25, 0.3) is 0 Å². The first-order valence-electron chi connectivity index (χ1n) is 5.87. The maximum Gasteiger partial charge on any atom is 0.146 e. The summed E-state index contributed by atoms with van der Waals surface area (Å²) in [5, 5.41) is 3.22. The van der Waals surface area contributed by atoms with E-state index in [0.29, 0.717) is 11.1 Å². The van der Waals surface area contributed by atoms with Crippen LogP contribution in [-0.2, 0) is 0 Å². The Hall–Kier alpha value is -0.610. The van der Waals surface area contributed by atoms with Crippen molar-refractivity contribution < 1.29 is 4.39 Å². The molecule has 17 heavy (non-hydrogen) atoms. The van der Waals surface area contributed by atoms with Crippen molar-refractivity contribution in [2.24, 2.45) is 5.41 Å². The van der Waals surface area contributed by atoms with Gasteiger partial charge in [-0.05, 0) is 38.1 Å². The van der Waals surface area contributed by atoms with Gasteiger partial charge in [-0.2, -0.15) is 0 Å². The van der Waals surface area contributed by atoms with Crippen LogP contribution in [-0.4, -0.2) is 27.2 Å². The fourth-order valence-electron chi connectivity index (χ4n) is 2.31. The van der Waals surface area contributed by atoms with Crippen molar-refractivity contribution in [2.75, 3.05) is 32.1 Å². The van der Waals surface area contributed by atoms with Crippen LogP contribution in [0.2, 0.25) is 0 Å². The lowest BCUT2D eigenvalue weighted by Crippen LogP contribution is -2.33. The number of nitrogens with one attached hydrogen (secondary N) is 1. The summed E-state index contributed by atoms with van der Waals surface area (Å²) in [5.41, 5.74) is 1.01. The van der Waals surface area contributed by atoms with Gasteiger partial charge < -0.3 is 10.2 Å². The van der Waals surface area contributed by atoms with Gasteiger partial charge in [-0.15, -0.1) is 0 Å².